The predicted molar refractivity (Wildman–Crippen MR) is 74.0 cm³/mol. The SMILES string of the molecule is Nc1ccc(NC(=O)CN(CCO)CC(F)F)c(Cl)c1. The zero-order chi connectivity index (χ0) is 15.1. The maximum atomic E-state index is 12.3. The van der Waals surface area contributed by atoms with Crippen molar-refractivity contribution in [2.75, 3.05) is 37.3 Å². The number of benzene rings is 1. The van der Waals surface area contributed by atoms with Gasteiger partial charge in [0.25, 0.3) is 6.43 Å². The number of carbonyl (C=O) groups excluding carboxylic acids is 1. The van der Waals surface area contributed by atoms with E-state index in [4.69, 9.17) is 22.4 Å². The van der Waals surface area contributed by atoms with Crippen LogP contribution in [-0.4, -0.2) is 48.6 Å². The second kappa shape index (κ2) is 7.98. The number of amides is 1. The number of nitrogens with one attached hydrogen (secondary N) is 1. The molecule has 20 heavy (non-hydrogen) atoms. The lowest BCUT2D eigenvalue weighted by Crippen LogP contribution is -2.38. The summed E-state index contributed by atoms with van der Waals surface area (Å²) in [5.41, 5.74) is 6.32. The Morgan fingerprint density at radius 2 is 2.20 bits per heavy atom. The van der Waals surface area contributed by atoms with Crippen molar-refractivity contribution in [1.29, 1.82) is 0 Å². The summed E-state index contributed by atoms with van der Waals surface area (Å²) in [4.78, 5) is 12.9. The Hall–Kier alpha value is -1.44. The molecule has 1 amide bonds. The number of aliphatic hydroxyl groups is 1. The molecule has 1 aromatic rings. The van der Waals surface area contributed by atoms with Crippen LogP contribution in [0.2, 0.25) is 5.02 Å². The summed E-state index contributed by atoms with van der Waals surface area (Å²) < 4.78 is 24.6. The zero-order valence-electron chi connectivity index (χ0n) is 10.7. The van der Waals surface area contributed by atoms with Crippen molar-refractivity contribution in [3.63, 3.8) is 0 Å². The molecule has 0 atom stereocenters. The molecule has 4 N–H and O–H groups in total. The maximum absolute atomic E-state index is 12.3. The van der Waals surface area contributed by atoms with Crippen LogP contribution in [0.4, 0.5) is 20.2 Å². The van der Waals surface area contributed by atoms with Gasteiger partial charge in [0.2, 0.25) is 5.91 Å². The molecular formula is C12H16ClF2N3O2. The van der Waals surface area contributed by atoms with Crippen molar-refractivity contribution in [2.24, 2.45) is 0 Å². The highest BCUT2D eigenvalue weighted by Crippen LogP contribution is 2.23. The molecule has 8 heteroatoms. The van der Waals surface area contributed by atoms with Crippen LogP contribution in [0.15, 0.2) is 18.2 Å². The molecule has 0 saturated heterocycles. The molecule has 1 rings (SSSR count). The first-order chi connectivity index (χ1) is 9.42. The third kappa shape index (κ3) is 5.68. The fourth-order valence-corrected chi connectivity index (χ4v) is 1.83. The Bertz CT molecular complexity index is 460. The van der Waals surface area contributed by atoms with Gasteiger partial charge >= 0.3 is 0 Å². The highest BCUT2D eigenvalue weighted by molar-refractivity contribution is 6.34. The predicted octanol–water partition coefficient (Wildman–Crippen LogP) is 1.42. The van der Waals surface area contributed by atoms with E-state index in [9.17, 15) is 13.6 Å². The normalized spacial score (nSPS) is 11.1. The number of carbonyl (C=O) groups is 1. The van der Waals surface area contributed by atoms with Gasteiger partial charge in [-0.1, -0.05) is 11.6 Å². The molecule has 0 bridgehead atoms. The first kappa shape index (κ1) is 16.6. The van der Waals surface area contributed by atoms with Crippen LogP contribution < -0.4 is 11.1 Å². The van der Waals surface area contributed by atoms with Gasteiger partial charge in [0, 0.05) is 12.2 Å². The first-order valence-corrected chi connectivity index (χ1v) is 6.26. The van der Waals surface area contributed by atoms with Crippen molar-refractivity contribution in [2.45, 2.75) is 6.43 Å². The van der Waals surface area contributed by atoms with E-state index in [-0.39, 0.29) is 24.7 Å². The van der Waals surface area contributed by atoms with E-state index in [1.807, 2.05) is 0 Å². The standard InChI is InChI=1S/C12H16ClF2N3O2/c13-9-5-8(16)1-2-10(9)17-12(20)7-18(3-4-19)6-11(14)15/h1-2,5,11,19H,3-4,6-7,16H2,(H,17,20). The van der Waals surface area contributed by atoms with Crippen molar-refractivity contribution in [1.82, 2.24) is 4.90 Å². The number of anilines is 2. The first-order valence-electron chi connectivity index (χ1n) is 5.88. The lowest BCUT2D eigenvalue weighted by Gasteiger charge is -2.20. The molecule has 0 radical (unpaired) electrons. The van der Waals surface area contributed by atoms with E-state index in [0.29, 0.717) is 11.4 Å². The summed E-state index contributed by atoms with van der Waals surface area (Å²) in [7, 11) is 0. The van der Waals surface area contributed by atoms with Gasteiger partial charge in [0.05, 0.1) is 30.4 Å². The second-order valence-corrected chi connectivity index (χ2v) is 4.54. The van der Waals surface area contributed by atoms with Gasteiger partial charge in [-0.05, 0) is 18.2 Å². The van der Waals surface area contributed by atoms with Gasteiger partial charge < -0.3 is 16.2 Å². The maximum Gasteiger partial charge on any atom is 0.251 e. The zero-order valence-corrected chi connectivity index (χ0v) is 11.4. The Labute approximate surface area is 120 Å². The summed E-state index contributed by atoms with van der Waals surface area (Å²) in [6.45, 7) is -1.15. The van der Waals surface area contributed by atoms with Gasteiger partial charge in [0.15, 0.2) is 0 Å². The Kier molecular flexibility index (Phi) is 6.63. The fraction of sp³-hybridized carbons (Fsp3) is 0.417. The summed E-state index contributed by atoms with van der Waals surface area (Å²) in [5.74, 6) is -0.495. The molecule has 0 unspecified atom stereocenters. The quantitative estimate of drug-likeness (QED) is 0.666. The molecule has 0 spiro atoms. The van der Waals surface area contributed by atoms with Gasteiger partial charge in [-0.25, -0.2) is 8.78 Å². The summed E-state index contributed by atoms with van der Waals surface area (Å²) in [5, 5.41) is 11.5. The minimum absolute atomic E-state index is 0.00672. The topological polar surface area (TPSA) is 78.6 Å². The summed E-state index contributed by atoms with van der Waals surface area (Å²) >= 11 is 5.89. The highest BCUT2D eigenvalue weighted by Gasteiger charge is 2.15. The van der Waals surface area contributed by atoms with E-state index in [1.165, 1.54) is 12.1 Å². The van der Waals surface area contributed by atoms with E-state index in [2.05, 4.69) is 5.32 Å². The number of hydrogen-bond donors (Lipinski definition) is 3. The van der Waals surface area contributed by atoms with Crippen molar-refractivity contribution in [3.05, 3.63) is 23.2 Å². The van der Waals surface area contributed by atoms with Crippen LogP contribution in [0.1, 0.15) is 0 Å². The number of nitrogens with zero attached hydrogens (tertiary/aromatic N) is 1. The lowest BCUT2D eigenvalue weighted by atomic mass is 10.3. The van der Waals surface area contributed by atoms with E-state index >= 15 is 0 Å². The van der Waals surface area contributed by atoms with Crippen LogP contribution in [0.3, 0.4) is 0 Å². The van der Waals surface area contributed by atoms with Crippen LogP contribution >= 0.6 is 11.6 Å². The molecule has 0 aliphatic rings. The van der Waals surface area contributed by atoms with Crippen molar-refractivity contribution >= 4 is 28.9 Å². The third-order valence-electron chi connectivity index (χ3n) is 2.45. The molecule has 0 saturated carbocycles. The van der Waals surface area contributed by atoms with E-state index < -0.39 is 18.9 Å². The molecule has 0 heterocycles. The number of halogens is 3. The molecule has 112 valence electrons. The Balaban J connectivity index is 2.60. The largest absolute Gasteiger partial charge is 0.399 e. The van der Waals surface area contributed by atoms with E-state index in [1.54, 1.807) is 6.07 Å². The van der Waals surface area contributed by atoms with Gasteiger partial charge in [-0.15, -0.1) is 0 Å². The molecule has 0 fully saturated rings. The Morgan fingerprint density at radius 1 is 1.50 bits per heavy atom. The number of rotatable bonds is 7. The number of hydrogen-bond acceptors (Lipinski definition) is 4. The minimum Gasteiger partial charge on any atom is -0.399 e. The molecule has 5 nitrogen and oxygen atoms in total. The van der Waals surface area contributed by atoms with Crippen molar-refractivity contribution < 1.29 is 18.7 Å². The summed E-state index contributed by atoms with van der Waals surface area (Å²) in [6, 6.07) is 4.56. The van der Waals surface area contributed by atoms with E-state index in [0.717, 1.165) is 4.90 Å². The van der Waals surface area contributed by atoms with Crippen molar-refractivity contribution in [3.8, 4) is 0 Å². The summed E-state index contributed by atoms with van der Waals surface area (Å²) in [6.07, 6.45) is -2.57. The molecule has 0 aliphatic heterocycles. The number of nitrogen functional groups attached to an aromatic ring is 1. The monoisotopic (exact) mass is 307 g/mol. The van der Waals surface area contributed by atoms with Crippen LogP contribution in [-0.2, 0) is 4.79 Å². The van der Waals surface area contributed by atoms with Gasteiger partial charge in [-0.3, -0.25) is 9.69 Å². The second-order valence-electron chi connectivity index (χ2n) is 4.14. The smallest absolute Gasteiger partial charge is 0.251 e. The number of alkyl halides is 2. The minimum atomic E-state index is -2.57. The Morgan fingerprint density at radius 3 is 2.75 bits per heavy atom. The molecular weight excluding hydrogens is 292 g/mol. The van der Waals surface area contributed by atoms with Gasteiger partial charge in [-0.2, -0.15) is 0 Å². The molecule has 0 aromatic heterocycles. The number of nitrogens with two attached hydrogens (primary N) is 1. The third-order valence-corrected chi connectivity index (χ3v) is 2.76. The van der Waals surface area contributed by atoms with Crippen LogP contribution in [0.25, 0.3) is 0 Å². The molecule has 0 aliphatic carbocycles. The van der Waals surface area contributed by atoms with Crippen LogP contribution in [0, 0.1) is 0 Å². The van der Waals surface area contributed by atoms with Gasteiger partial charge in [0.1, 0.15) is 0 Å². The average Bonchev–Trinajstić information content (AvgIpc) is 2.32. The fourth-order valence-electron chi connectivity index (χ4n) is 1.60. The lowest BCUT2D eigenvalue weighted by molar-refractivity contribution is -0.117. The highest BCUT2D eigenvalue weighted by atomic mass is 35.5. The molecule has 1 aromatic carbocycles. The van der Waals surface area contributed by atoms with Crippen LogP contribution in [0.5, 0.6) is 0 Å². The number of aliphatic hydroxyl groups excluding tert-OH is 1. The average molecular weight is 308 g/mol.